The molecular weight excluding hydrogens is 419 g/mol. The maximum absolute atomic E-state index is 11.3. The lowest BCUT2D eigenvalue weighted by Crippen LogP contribution is -2.48. The Hall–Kier alpha value is -0.570. The minimum Gasteiger partial charge on any atom is -0.466 e. The number of rotatable bonds is 9. The standard InChI is InChI=1S/C17H34N4O2.HI/c1-4-12-21-13-9-15(10-14-21)20-17(18-5-2)19-11-7-8-16(22)23-6-3;/h15H,4-14H2,1-3H3,(H2,18,19,20);1H. The van der Waals surface area contributed by atoms with Crippen molar-refractivity contribution in [2.45, 2.75) is 58.9 Å². The fraction of sp³-hybridized carbons (Fsp3) is 0.882. The van der Waals surface area contributed by atoms with Gasteiger partial charge in [-0.15, -0.1) is 24.0 Å². The summed E-state index contributed by atoms with van der Waals surface area (Å²) in [6, 6.07) is 0.492. The van der Waals surface area contributed by atoms with E-state index in [9.17, 15) is 4.79 Å². The molecule has 1 aliphatic rings. The third-order valence-electron chi connectivity index (χ3n) is 3.93. The monoisotopic (exact) mass is 454 g/mol. The summed E-state index contributed by atoms with van der Waals surface area (Å²) in [6.07, 6.45) is 4.71. The van der Waals surface area contributed by atoms with Crippen LogP contribution in [0, 0.1) is 0 Å². The Balaban J connectivity index is 0.00000529. The van der Waals surface area contributed by atoms with E-state index in [-0.39, 0.29) is 29.9 Å². The zero-order valence-electron chi connectivity index (χ0n) is 15.5. The van der Waals surface area contributed by atoms with Crippen molar-refractivity contribution >= 4 is 35.9 Å². The summed E-state index contributed by atoms with van der Waals surface area (Å²) in [4.78, 5) is 18.4. The predicted octanol–water partition coefficient (Wildman–Crippen LogP) is 2.38. The fourth-order valence-electron chi connectivity index (χ4n) is 2.78. The molecule has 0 aromatic heterocycles. The van der Waals surface area contributed by atoms with Crippen LogP contribution in [0.1, 0.15) is 52.9 Å². The number of ether oxygens (including phenoxy) is 1. The number of nitrogens with zero attached hydrogens (tertiary/aromatic N) is 2. The SMILES string of the molecule is CCCN1CCC(NC(=NCCCC(=O)OCC)NCC)CC1.I. The molecule has 1 heterocycles. The maximum atomic E-state index is 11.3. The highest BCUT2D eigenvalue weighted by Gasteiger charge is 2.19. The van der Waals surface area contributed by atoms with Gasteiger partial charge in [-0.2, -0.15) is 0 Å². The molecule has 0 amide bonds. The maximum Gasteiger partial charge on any atom is 0.305 e. The third-order valence-corrected chi connectivity index (χ3v) is 3.93. The predicted molar refractivity (Wildman–Crippen MR) is 110 cm³/mol. The highest BCUT2D eigenvalue weighted by Crippen LogP contribution is 2.10. The number of hydrogen-bond donors (Lipinski definition) is 2. The number of aliphatic imine (C=N–C) groups is 1. The van der Waals surface area contributed by atoms with Crippen molar-refractivity contribution < 1.29 is 9.53 Å². The van der Waals surface area contributed by atoms with Gasteiger partial charge in [-0.1, -0.05) is 6.92 Å². The zero-order chi connectivity index (χ0) is 16.9. The summed E-state index contributed by atoms with van der Waals surface area (Å²) in [5.41, 5.74) is 0. The van der Waals surface area contributed by atoms with Gasteiger partial charge in [0.05, 0.1) is 6.61 Å². The van der Waals surface area contributed by atoms with Crippen LogP contribution >= 0.6 is 24.0 Å². The van der Waals surface area contributed by atoms with Crippen molar-refractivity contribution in [1.29, 1.82) is 0 Å². The molecule has 1 rings (SSSR count). The van der Waals surface area contributed by atoms with E-state index in [0.29, 0.717) is 25.6 Å². The van der Waals surface area contributed by atoms with E-state index in [2.05, 4.69) is 34.4 Å². The summed E-state index contributed by atoms with van der Waals surface area (Å²) in [6.45, 7) is 11.6. The smallest absolute Gasteiger partial charge is 0.305 e. The van der Waals surface area contributed by atoms with Crippen LogP contribution in [-0.4, -0.2) is 62.2 Å². The average Bonchev–Trinajstić information content (AvgIpc) is 2.54. The molecule has 142 valence electrons. The number of likely N-dealkylation sites (tertiary alicyclic amines) is 1. The Morgan fingerprint density at radius 1 is 1.25 bits per heavy atom. The first kappa shape index (κ1) is 23.4. The molecule has 0 bridgehead atoms. The van der Waals surface area contributed by atoms with Crippen molar-refractivity contribution in [3.8, 4) is 0 Å². The van der Waals surface area contributed by atoms with E-state index >= 15 is 0 Å². The van der Waals surface area contributed by atoms with E-state index in [1.54, 1.807) is 0 Å². The number of carbonyl (C=O) groups is 1. The van der Waals surface area contributed by atoms with Crippen LogP contribution in [0.4, 0.5) is 0 Å². The fourth-order valence-corrected chi connectivity index (χ4v) is 2.78. The van der Waals surface area contributed by atoms with Crippen LogP contribution in [-0.2, 0) is 9.53 Å². The molecule has 0 spiro atoms. The van der Waals surface area contributed by atoms with Gasteiger partial charge in [0, 0.05) is 38.6 Å². The number of hydrogen-bond acceptors (Lipinski definition) is 4. The van der Waals surface area contributed by atoms with E-state index in [4.69, 9.17) is 4.74 Å². The van der Waals surface area contributed by atoms with Crippen molar-refractivity contribution in [2.24, 2.45) is 4.99 Å². The molecule has 2 N–H and O–H groups in total. The molecule has 0 aromatic carbocycles. The molecular formula is C17H35IN4O2. The van der Waals surface area contributed by atoms with Crippen LogP contribution in [0.3, 0.4) is 0 Å². The van der Waals surface area contributed by atoms with Crippen LogP contribution in [0.2, 0.25) is 0 Å². The normalized spacial score (nSPS) is 16.4. The molecule has 1 fully saturated rings. The van der Waals surface area contributed by atoms with Crippen LogP contribution in [0.5, 0.6) is 0 Å². The second-order valence-corrected chi connectivity index (χ2v) is 5.93. The van der Waals surface area contributed by atoms with Gasteiger partial charge in [-0.3, -0.25) is 9.79 Å². The number of esters is 1. The summed E-state index contributed by atoms with van der Waals surface area (Å²) in [7, 11) is 0. The van der Waals surface area contributed by atoms with E-state index in [1.165, 1.54) is 13.0 Å². The Bertz CT molecular complexity index is 358. The summed E-state index contributed by atoms with van der Waals surface area (Å²) in [5, 5.41) is 6.82. The number of piperidine rings is 1. The van der Waals surface area contributed by atoms with Crippen LogP contribution in [0.15, 0.2) is 4.99 Å². The lowest BCUT2D eigenvalue weighted by atomic mass is 10.1. The van der Waals surface area contributed by atoms with E-state index < -0.39 is 0 Å². The van der Waals surface area contributed by atoms with E-state index in [1.807, 2.05) is 6.92 Å². The molecule has 6 nitrogen and oxygen atoms in total. The largest absolute Gasteiger partial charge is 0.466 e. The Kier molecular flexibility index (Phi) is 14.4. The first-order chi connectivity index (χ1) is 11.2. The minimum atomic E-state index is -0.135. The number of carbonyl (C=O) groups excluding carboxylic acids is 1. The molecule has 7 heteroatoms. The highest BCUT2D eigenvalue weighted by molar-refractivity contribution is 14.0. The van der Waals surface area contributed by atoms with Gasteiger partial charge in [0.25, 0.3) is 0 Å². The number of nitrogens with one attached hydrogen (secondary N) is 2. The van der Waals surface area contributed by atoms with Crippen molar-refractivity contribution in [3.63, 3.8) is 0 Å². The third kappa shape index (κ3) is 10.3. The first-order valence-electron chi connectivity index (χ1n) is 9.12. The average molecular weight is 454 g/mol. The number of guanidine groups is 1. The quantitative estimate of drug-likeness (QED) is 0.184. The zero-order valence-corrected chi connectivity index (χ0v) is 17.8. The molecule has 1 saturated heterocycles. The molecule has 0 saturated carbocycles. The second kappa shape index (κ2) is 14.7. The van der Waals surface area contributed by atoms with Gasteiger partial charge in [0.15, 0.2) is 5.96 Å². The van der Waals surface area contributed by atoms with Crippen LogP contribution < -0.4 is 10.6 Å². The molecule has 0 aromatic rings. The van der Waals surface area contributed by atoms with Crippen molar-refractivity contribution in [1.82, 2.24) is 15.5 Å². The van der Waals surface area contributed by atoms with Gasteiger partial charge in [0.1, 0.15) is 0 Å². The van der Waals surface area contributed by atoms with Crippen LogP contribution in [0.25, 0.3) is 0 Å². The highest BCUT2D eigenvalue weighted by atomic mass is 127. The summed E-state index contributed by atoms with van der Waals surface area (Å²) in [5.74, 6) is 0.731. The molecule has 24 heavy (non-hydrogen) atoms. The first-order valence-corrected chi connectivity index (χ1v) is 9.12. The minimum absolute atomic E-state index is 0. The van der Waals surface area contributed by atoms with Crippen molar-refractivity contribution in [2.75, 3.05) is 39.3 Å². The molecule has 0 radical (unpaired) electrons. The molecule has 0 aliphatic carbocycles. The summed E-state index contributed by atoms with van der Waals surface area (Å²) >= 11 is 0. The van der Waals surface area contributed by atoms with E-state index in [0.717, 1.165) is 44.9 Å². The lowest BCUT2D eigenvalue weighted by Gasteiger charge is -2.32. The molecule has 0 atom stereocenters. The van der Waals surface area contributed by atoms with Gasteiger partial charge in [-0.05, 0) is 46.1 Å². The van der Waals surface area contributed by atoms with Gasteiger partial charge < -0.3 is 20.3 Å². The number of halogens is 1. The van der Waals surface area contributed by atoms with Gasteiger partial charge in [-0.25, -0.2) is 0 Å². The van der Waals surface area contributed by atoms with Gasteiger partial charge >= 0.3 is 5.97 Å². The second-order valence-electron chi connectivity index (χ2n) is 5.93. The topological polar surface area (TPSA) is 66.0 Å². The Labute approximate surface area is 164 Å². The van der Waals surface area contributed by atoms with Crippen molar-refractivity contribution in [3.05, 3.63) is 0 Å². The molecule has 1 aliphatic heterocycles. The Morgan fingerprint density at radius 2 is 1.96 bits per heavy atom. The lowest BCUT2D eigenvalue weighted by molar-refractivity contribution is -0.143. The summed E-state index contributed by atoms with van der Waals surface area (Å²) < 4.78 is 4.92. The van der Waals surface area contributed by atoms with Gasteiger partial charge in [0.2, 0.25) is 0 Å². The Morgan fingerprint density at radius 3 is 2.54 bits per heavy atom. The molecule has 0 unspecified atom stereocenters.